The van der Waals surface area contributed by atoms with Crippen molar-refractivity contribution in [2.24, 2.45) is 5.92 Å². The average Bonchev–Trinajstić information content (AvgIpc) is 2.37. The molecule has 2 aliphatic rings. The molecule has 4 heteroatoms. The van der Waals surface area contributed by atoms with Crippen LogP contribution in [0.15, 0.2) is 18.2 Å². The second kappa shape index (κ2) is 4.85. The Labute approximate surface area is 118 Å². The fraction of sp³-hybridized carbons (Fsp3) is 0.562. The highest BCUT2D eigenvalue weighted by atomic mass is 19.1. The van der Waals surface area contributed by atoms with Crippen LogP contribution >= 0.6 is 0 Å². The van der Waals surface area contributed by atoms with E-state index in [1.54, 1.807) is 0 Å². The predicted molar refractivity (Wildman–Crippen MR) is 72.5 cm³/mol. The second-order valence-electron chi connectivity index (χ2n) is 6.13. The highest BCUT2D eigenvalue weighted by molar-refractivity contribution is 6.00. The molecule has 3 rings (SSSR count). The lowest BCUT2D eigenvalue weighted by molar-refractivity contribution is -0.106. The third-order valence-corrected chi connectivity index (χ3v) is 4.26. The third-order valence-electron chi connectivity index (χ3n) is 4.26. The molecule has 0 N–H and O–H groups in total. The molecule has 1 aromatic carbocycles. The zero-order valence-electron chi connectivity index (χ0n) is 11.8. The first-order chi connectivity index (χ1) is 9.49. The molecule has 0 saturated carbocycles. The molecule has 2 aliphatic heterocycles. The van der Waals surface area contributed by atoms with E-state index in [0.29, 0.717) is 43.1 Å². The first kappa shape index (κ1) is 13.6. The van der Waals surface area contributed by atoms with Crippen molar-refractivity contribution < 1.29 is 18.7 Å². The lowest BCUT2D eigenvalue weighted by Gasteiger charge is -2.44. The van der Waals surface area contributed by atoms with Gasteiger partial charge in [-0.05, 0) is 18.1 Å². The van der Waals surface area contributed by atoms with Gasteiger partial charge in [-0.3, -0.25) is 4.79 Å². The molecule has 0 radical (unpaired) electrons. The number of hydrogen-bond donors (Lipinski definition) is 0. The molecule has 1 aromatic rings. The summed E-state index contributed by atoms with van der Waals surface area (Å²) in [6.45, 7) is 4.78. The summed E-state index contributed by atoms with van der Waals surface area (Å²) in [5.41, 5.74) is -0.0324. The van der Waals surface area contributed by atoms with E-state index in [-0.39, 0.29) is 17.7 Å². The Morgan fingerprint density at radius 3 is 2.95 bits per heavy atom. The molecule has 2 heterocycles. The standard InChI is InChI=1S/C16H19FO3/c1-10(2)15-9-16(5-6-19-15)8-13(18)12-4-3-11(17)7-14(12)20-16/h3-4,7,10,15H,5-6,8-9H2,1-2H3. The maximum Gasteiger partial charge on any atom is 0.170 e. The number of benzene rings is 1. The summed E-state index contributed by atoms with van der Waals surface area (Å²) in [5.74, 6) is 0.419. The van der Waals surface area contributed by atoms with E-state index in [9.17, 15) is 9.18 Å². The minimum atomic E-state index is -0.523. The van der Waals surface area contributed by atoms with Gasteiger partial charge in [0.15, 0.2) is 5.78 Å². The molecule has 0 amide bonds. The topological polar surface area (TPSA) is 35.5 Å². The SMILES string of the molecule is CC(C)C1CC2(CCO1)CC(=O)c1ccc(F)cc1O2. The lowest BCUT2D eigenvalue weighted by Crippen LogP contribution is -2.50. The summed E-state index contributed by atoms with van der Waals surface area (Å²) in [4.78, 5) is 12.3. The van der Waals surface area contributed by atoms with Crippen LogP contribution in [-0.4, -0.2) is 24.1 Å². The molecular formula is C16H19FO3. The molecule has 1 saturated heterocycles. The van der Waals surface area contributed by atoms with Gasteiger partial charge < -0.3 is 9.47 Å². The van der Waals surface area contributed by atoms with Crippen LogP contribution in [0.3, 0.4) is 0 Å². The summed E-state index contributed by atoms with van der Waals surface area (Å²) in [7, 11) is 0. The fourth-order valence-electron chi connectivity index (χ4n) is 3.07. The molecule has 1 fully saturated rings. The van der Waals surface area contributed by atoms with Crippen molar-refractivity contribution in [3.05, 3.63) is 29.6 Å². The van der Waals surface area contributed by atoms with Crippen LogP contribution in [0.4, 0.5) is 4.39 Å². The molecule has 0 aromatic heterocycles. The number of halogens is 1. The van der Waals surface area contributed by atoms with Gasteiger partial charge >= 0.3 is 0 Å². The number of hydrogen-bond acceptors (Lipinski definition) is 3. The zero-order chi connectivity index (χ0) is 14.3. The number of carbonyl (C=O) groups excluding carboxylic acids is 1. The third kappa shape index (κ3) is 2.33. The first-order valence-electron chi connectivity index (χ1n) is 7.12. The van der Waals surface area contributed by atoms with Gasteiger partial charge in [0.05, 0.1) is 24.7 Å². The van der Waals surface area contributed by atoms with Crippen LogP contribution in [0.25, 0.3) is 0 Å². The van der Waals surface area contributed by atoms with E-state index in [2.05, 4.69) is 13.8 Å². The van der Waals surface area contributed by atoms with Crippen LogP contribution in [0.1, 0.15) is 43.5 Å². The second-order valence-corrected chi connectivity index (χ2v) is 6.13. The van der Waals surface area contributed by atoms with E-state index in [1.807, 2.05) is 0 Å². The van der Waals surface area contributed by atoms with E-state index in [0.717, 1.165) is 0 Å². The molecule has 0 aliphatic carbocycles. The van der Waals surface area contributed by atoms with Crippen molar-refractivity contribution >= 4 is 5.78 Å². The summed E-state index contributed by atoms with van der Waals surface area (Å²) in [5, 5.41) is 0. The highest BCUT2D eigenvalue weighted by Gasteiger charge is 2.45. The quantitative estimate of drug-likeness (QED) is 0.790. The maximum absolute atomic E-state index is 13.4. The van der Waals surface area contributed by atoms with Crippen LogP contribution in [-0.2, 0) is 4.74 Å². The highest BCUT2D eigenvalue weighted by Crippen LogP contribution is 2.41. The van der Waals surface area contributed by atoms with Gasteiger partial charge in [-0.2, -0.15) is 0 Å². The van der Waals surface area contributed by atoms with Gasteiger partial charge in [0, 0.05) is 18.9 Å². The van der Waals surface area contributed by atoms with Gasteiger partial charge in [0.2, 0.25) is 0 Å². The maximum atomic E-state index is 13.4. The molecule has 3 nitrogen and oxygen atoms in total. The molecule has 20 heavy (non-hydrogen) atoms. The normalized spacial score (nSPS) is 29.4. The number of carbonyl (C=O) groups is 1. The number of fused-ring (bicyclic) bond motifs is 1. The van der Waals surface area contributed by atoms with Gasteiger partial charge in [0.1, 0.15) is 17.2 Å². The molecular weight excluding hydrogens is 259 g/mol. The Morgan fingerprint density at radius 1 is 1.40 bits per heavy atom. The van der Waals surface area contributed by atoms with Gasteiger partial charge in [0.25, 0.3) is 0 Å². The van der Waals surface area contributed by atoms with Gasteiger partial charge in [-0.1, -0.05) is 13.8 Å². The van der Waals surface area contributed by atoms with Crippen LogP contribution < -0.4 is 4.74 Å². The van der Waals surface area contributed by atoms with E-state index < -0.39 is 5.60 Å². The molecule has 108 valence electrons. The summed E-state index contributed by atoms with van der Waals surface area (Å²) < 4.78 is 25.2. The first-order valence-corrected chi connectivity index (χ1v) is 7.12. The Hall–Kier alpha value is -1.42. The van der Waals surface area contributed by atoms with Crippen LogP contribution in [0, 0.1) is 11.7 Å². The Morgan fingerprint density at radius 2 is 2.20 bits per heavy atom. The van der Waals surface area contributed by atoms with Crippen LogP contribution in [0.2, 0.25) is 0 Å². The predicted octanol–water partition coefficient (Wildman–Crippen LogP) is 3.36. The van der Waals surface area contributed by atoms with Gasteiger partial charge in [-0.15, -0.1) is 0 Å². The van der Waals surface area contributed by atoms with Crippen molar-refractivity contribution in [1.82, 2.24) is 0 Å². The van der Waals surface area contributed by atoms with Crippen LogP contribution in [0.5, 0.6) is 5.75 Å². The van der Waals surface area contributed by atoms with E-state index >= 15 is 0 Å². The molecule has 0 bridgehead atoms. The van der Waals surface area contributed by atoms with Crippen molar-refractivity contribution in [3.63, 3.8) is 0 Å². The Balaban J connectivity index is 1.91. The lowest BCUT2D eigenvalue weighted by atomic mass is 9.80. The minimum Gasteiger partial charge on any atom is -0.486 e. The smallest absolute Gasteiger partial charge is 0.170 e. The van der Waals surface area contributed by atoms with E-state index in [1.165, 1.54) is 18.2 Å². The van der Waals surface area contributed by atoms with Crippen molar-refractivity contribution in [3.8, 4) is 5.75 Å². The Kier molecular flexibility index (Phi) is 3.28. The molecule has 2 unspecified atom stereocenters. The Bertz CT molecular complexity index is 541. The number of ether oxygens (including phenoxy) is 2. The monoisotopic (exact) mass is 278 g/mol. The number of ketones is 1. The van der Waals surface area contributed by atoms with E-state index in [4.69, 9.17) is 9.47 Å². The number of rotatable bonds is 1. The molecule has 2 atom stereocenters. The van der Waals surface area contributed by atoms with Crippen molar-refractivity contribution in [2.75, 3.05) is 6.61 Å². The minimum absolute atomic E-state index is 0.0376. The summed E-state index contributed by atoms with van der Waals surface area (Å²) >= 11 is 0. The van der Waals surface area contributed by atoms with Crippen molar-refractivity contribution in [1.29, 1.82) is 0 Å². The fourth-order valence-corrected chi connectivity index (χ4v) is 3.07. The summed E-state index contributed by atoms with van der Waals surface area (Å²) in [6.07, 6.45) is 1.81. The largest absolute Gasteiger partial charge is 0.486 e. The average molecular weight is 278 g/mol. The van der Waals surface area contributed by atoms with Crippen molar-refractivity contribution in [2.45, 2.75) is 44.8 Å². The zero-order valence-corrected chi connectivity index (χ0v) is 11.8. The number of Topliss-reactive ketones (excluding diaryl/α,β-unsaturated/α-hetero) is 1. The summed E-state index contributed by atoms with van der Waals surface area (Å²) in [6, 6.07) is 4.13. The van der Waals surface area contributed by atoms with Gasteiger partial charge in [-0.25, -0.2) is 4.39 Å². The molecule has 1 spiro atoms.